The van der Waals surface area contributed by atoms with Gasteiger partial charge in [-0.1, -0.05) is 39.3 Å². The van der Waals surface area contributed by atoms with E-state index in [1.54, 1.807) is 18.2 Å². The number of carbonyl (C=O) groups is 2. The highest BCUT2D eigenvalue weighted by Crippen LogP contribution is 2.50. The molecule has 1 aromatic carbocycles. The van der Waals surface area contributed by atoms with E-state index in [-0.39, 0.29) is 22.9 Å². The molecule has 7 heteroatoms. The van der Waals surface area contributed by atoms with Crippen molar-refractivity contribution in [3.8, 4) is 0 Å². The van der Waals surface area contributed by atoms with E-state index in [4.69, 9.17) is 22.1 Å². The Morgan fingerprint density at radius 3 is 2.56 bits per heavy atom. The summed E-state index contributed by atoms with van der Waals surface area (Å²) in [5.74, 6) is -0.170. The van der Waals surface area contributed by atoms with Crippen LogP contribution in [-0.2, 0) is 9.53 Å². The van der Waals surface area contributed by atoms with Crippen molar-refractivity contribution in [3.63, 3.8) is 0 Å². The number of benzene rings is 1. The third-order valence-electron chi connectivity index (χ3n) is 5.38. The summed E-state index contributed by atoms with van der Waals surface area (Å²) in [4.78, 5) is 25.0. The molecule has 1 saturated carbocycles. The molecule has 1 aliphatic carbocycles. The monoisotopic (exact) mass is 395 g/mol. The Morgan fingerprint density at radius 2 is 2.04 bits per heavy atom. The van der Waals surface area contributed by atoms with Gasteiger partial charge in [0.2, 0.25) is 5.91 Å². The highest BCUT2D eigenvalue weighted by Gasteiger charge is 2.62. The molecule has 6 nitrogen and oxygen atoms in total. The molecular formula is C20H30ClN3O3. The summed E-state index contributed by atoms with van der Waals surface area (Å²) in [6.45, 7) is 11.0. The number of nitrogens with one attached hydrogen (secondary N) is 2. The summed E-state index contributed by atoms with van der Waals surface area (Å²) in [6, 6.07) is 4.83. The van der Waals surface area contributed by atoms with Gasteiger partial charge in [-0.3, -0.25) is 9.59 Å². The lowest BCUT2D eigenvalue weighted by atomic mass is 9.54. The van der Waals surface area contributed by atoms with Gasteiger partial charge in [0.15, 0.2) is 0 Å². The van der Waals surface area contributed by atoms with Gasteiger partial charge in [0, 0.05) is 30.7 Å². The molecule has 1 aromatic rings. The molecule has 150 valence electrons. The van der Waals surface area contributed by atoms with Crippen LogP contribution in [-0.4, -0.2) is 36.6 Å². The topological polar surface area (TPSA) is 93.4 Å². The normalized spacial score (nSPS) is 23.6. The number of ether oxygens (including phenoxy) is 1. The van der Waals surface area contributed by atoms with Crippen molar-refractivity contribution < 1.29 is 14.3 Å². The van der Waals surface area contributed by atoms with Crippen LogP contribution in [0.5, 0.6) is 0 Å². The molecular weight excluding hydrogens is 366 g/mol. The van der Waals surface area contributed by atoms with Gasteiger partial charge < -0.3 is 21.1 Å². The third kappa shape index (κ3) is 4.28. The number of amides is 2. The van der Waals surface area contributed by atoms with E-state index in [1.165, 1.54) is 0 Å². The Balaban J connectivity index is 2.07. The minimum atomic E-state index is -1.02. The average molecular weight is 396 g/mol. The molecule has 2 rings (SSSR count). The van der Waals surface area contributed by atoms with E-state index in [9.17, 15) is 9.59 Å². The first kappa shape index (κ1) is 21.7. The Morgan fingerprint density at radius 1 is 1.37 bits per heavy atom. The van der Waals surface area contributed by atoms with Crippen molar-refractivity contribution in [1.82, 2.24) is 5.32 Å². The lowest BCUT2D eigenvalue weighted by Gasteiger charge is -2.57. The molecule has 0 radical (unpaired) electrons. The van der Waals surface area contributed by atoms with E-state index < -0.39 is 11.0 Å². The van der Waals surface area contributed by atoms with Crippen LogP contribution in [0.1, 0.15) is 51.4 Å². The summed E-state index contributed by atoms with van der Waals surface area (Å²) in [5.41, 5.74) is 5.77. The van der Waals surface area contributed by atoms with Crippen LogP contribution in [0.25, 0.3) is 0 Å². The fraction of sp³-hybridized carbons (Fsp3) is 0.600. The first-order chi connectivity index (χ1) is 12.5. The highest BCUT2D eigenvalue weighted by molar-refractivity contribution is 6.34. The minimum absolute atomic E-state index is 0.0473. The Labute approximate surface area is 166 Å². The number of halogens is 1. The lowest BCUT2D eigenvalue weighted by molar-refractivity contribution is -0.166. The highest BCUT2D eigenvalue weighted by atomic mass is 35.5. The number of hydrogen-bond donors (Lipinski definition) is 3. The molecule has 0 aliphatic heterocycles. The molecule has 1 aliphatic rings. The summed E-state index contributed by atoms with van der Waals surface area (Å²) in [7, 11) is 0. The Kier molecular flexibility index (Phi) is 6.55. The number of carbonyl (C=O) groups excluding carboxylic acids is 2. The smallest absolute Gasteiger partial charge is 0.252 e. The predicted octanol–water partition coefficient (Wildman–Crippen LogP) is 3.20. The number of hydrogen-bond acceptors (Lipinski definition) is 4. The molecule has 0 bridgehead atoms. The predicted molar refractivity (Wildman–Crippen MR) is 108 cm³/mol. The first-order valence-electron chi connectivity index (χ1n) is 9.32. The van der Waals surface area contributed by atoms with Crippen LogP contribution in [0, 0.1) is 11.3 Å². The largest absolute Gasteiger partial charge is 0.378 e. The van der Waals surface area contributed by atoms with Crippen LogP contribution in [0.3, 0.4) is 0 Å². The van der Waals surface area contributed by atoms with Gasteiger partial charge in [-0.25, -0.2) is 0 Å². The van der Waals surface area contributed by atoms with Gasteiger partial charge in [0.1, 0.15) is 5.54 Å². The molecule has 0 saturated heterocycles. The van der Waals surface area contributed by atoms with E-state index in [0.29, 0.717) is 36.7 Å². The van der Waals surface area contributed by atoms with Crippen LogP contribution in [0.15, 0.2) is 18.2 Å². The quantitative estimate of drug-likeness (QED) is 0.660. The molecule has 4 N–H and O–H groups in total. The second kappa shape index (κ2) is 8.17. The van der Waals surface area contributed by atoms with Gasteiger partial charge in [0.25, 0.3) is 5.91 Å². The molecule has 1 fully saturated rings. The SMILES string of the molecule is CCOC1CC(N)(C(=O)Nc2ccc(C(=O)NCC(C)C)c(Cl)c2)C1(C)C. The van der Waals surface area contributed by atoms with E-state index >= 15 is 0 Å². The van der Waals surface area contributed by atoms with Gasteiger partial charge >= 0.3 is 0 Å². The van der Waals surface area contributed by atoms with Gasteiger partial charge in [-0.05, 0) is 31.0 Å². The van der Waals surface area contributed by atoms with Crippen molar-refractivity contribution in [1.29, 1.82) is 0 Å². The van der Waals surface area contributed by atoms with Gasteiger partial charge in [-0.15, -0.1) is 0 Å². The zero-order valence-electron chi connectivity index (χ0n) is 16.7. The molecule has 2 unspecified atom stereocenters. The fourth-order valence-corrected chi connectivity index (χ4v) is 3.50. The van der Waals surface area contributed by atoms with Gasteiger partial charge in [-0.2, -0.15) is 0 Å². The molecule has 27 heavy (non-hydrogen) atoms. The van der Waals surface area contributed by atoms with Crippen molar-refractivity contribution >= 4 is 29.1 Å². The van der Waals surface area contributed by atoms with Crippen molar-refractivity contribution in [2.45, 2.75) is 52.7 Å². The molecule has 0 heterocycles. The van der Waals surface area contributed by atoms with Crippen molar-refractivity contribution in [2.75, 3.05) is 18.5 Å². The average Bonchev–Trinajstić information content (AvgIpc) is 2.59. The van der Waals surface area contributed by atoms with Crippen molar-refractivity contribution in [3.05, 3.63) is 28.8 Å². The van der Waals surface area contributed by atoms with E-state index in [2.05, 4.69) is 10.6 Å². The third-order valence-corrected chi connectivity index (χ3v) is 5.69. The van der Waals surface area contributed by atoms with Crippen LogP contribution < -0.4 is 16.4 Å². The molecule has 2 amide bonds. The minimum Gasteiger partial charge on any atom is -0.378 e. The fourth-order valence-electron chi connectivity index (χ4n) is 3.23. The molecule has 0 aromatic heterocycles. The lowest BCUT2D eigenvalue weighted by Crippen LogP contribution is -2.74. The Hall–Kier alpha value is -1.63. The molecule has 0 spiro atoms. The maximum Gasteiger partial charge on any atom is 0.252 e. The van der Waals surface area contributed by atoms with E-state index in [1.807, 2.05) is 34.6 Å². The van der Waals surface area contributed by atoms with Gasteiger partial charge in [0.05, 0.1) is 16.7 Å². The first-order valence-corrected chi connectivity index (χ1v) is 9.70. The summed E-state index contributed by atoms with van der Waals surface area (Å²) in [5, 5.41) is 5.93. The number of nitrogens with two attached hydrogens (primary N) is 1. The van der Waals surface area contributed by atoms with E-state index in [0.717, 1.165) is 0 Å². The molecule has 2 atom stereocenters. The standard InChI is InChI=1S/C20H30ClN3O3/c1-6-27-16-10-20(22,19(16,4)5)18(26)24-13-7-8-14(15(21)9-13)17(25)23-11-12(2)3/h7-9,12,16H,6,10-11,22H2,1-5H3,(H,23,25)(H,24,26). The maximum absolute atomic E-state index is 12.8. The second-order valence-corrected chi connectivity index (χ2v) is 8.50. The van der Waals surface area contributed by atoms with Crippen molar-refractivity contribution in [2.24, 2.45) is 17.1 Å². The van der Waals surface area contributed by atoms with Crippen LogP contribution in [0.2, 0.25) is 5.02 Å². The summed E-state index contributed by atoms with van der Waals surface area (Å²) in [6.07, 6.45) is 0.414. The van der Waals surface area contributed by atoms with Crippen LogP contribution in [0.4, 0.5) is 5.69 Å². The summed E-state index contributed by atoms with van der Waals surface area (Å²) < 4.78 is 5.66. The number of anilines is 1. The Bertz CT molecular complexity index is 720. The maximum atomic E-state index is 12.8. The zero-order chi connectivity index (χ0) is 20.4. The zero-order valence-corrected chi connectivity index (χ0v) is 17.4. The second-order valence-electron chi connectivity index (χ2n) is 8.09. The number of rotatable bonds is 7. The van der Waals surface area contributed by atoms with Crippen LogP contribution >= 0.6 is 11.6 Å². The summed E-state index contributed by atoms with van der Waals surface area (Å²) >= 11 is 6.24.